The van der Waals surface area contributed by atoms with E-state index in [0.29, 0.717) is 5.92 Å². The molecule has 0 bridgehead atoms. The molecule has 0 N–H and O–H groups in total. The summed E-state index contributed by atoms with van der Waals surface area (Å²) in [4.78, 5) is 0. The van der Waals surface area contributed by atoms with Crippen molar-refractivity contribution in [2.45, 2.75) is 19.3 Å². The third kappa shape index (κ3) is 1.29. The molecule has 2 aliphatic carbocycles. The first-order valence-corrected chi connectivity index (χ1v) is 5.50. The molecule has 3 rings (SSSR count). The fourth-order valence-electron chi connectivity index (χ4n) is 2.61. The highest BCUT2D eigenvalue weighted by atomic mass is 14.3. The second kappa shape index (κ2) is 3.23. The largest absolute Gasteiger partial charge is 0.0836 e. The zero-order valence-corrected chi connectivity index (χ0v) is 8.90. The van der Waals surface area contributed by atoms with E-state index in [9.17, 15) is 0 Å². The van der Waals surface area contributed by atoms with E-state index >= 15 is 0 Å². The summed E-state index contributed by atoms with van der Waals surface area (Å²) >= 11 is 0. The summed E-state index contributed by atoms with van der Waals surface area (Å²) in [6.07, 6.45) is 10.2. The second-order valence-electron chi connectivity index (χ2n) is 4.29. The Balaban J connectivity index is 2.22. The number of fused-ring (bicyclic) bond motifs is 3. The molecule has 0 saturated carbocycles. The van der Waals surface area contributed by atoms with Crippen molar-refractivity contribution in [3.63, 3.8) is 0 Å². The number of hydrogen-bond acceptors (Lipinski definition) is 0. The van der Waals surface area contributed by atoms with Crippen molar-refractivity contribution in [3.05, 3.63) is 64.8 Å². The lowest BCUT2D eigenvalue weighted by Crippen LogP contribution is -2.10. The van der Waals surface area contributed by atoms with Gasteiger partial charge in [0.2, 0.25) is 0 Å². The smallest absolute Gasteiger partial charge is 0.0132 e. The Kier molecular flexibility index (Phi) is 1.88. The van der Waals surface area contributed by atoms with Gasteiger partial charge in [0.05, 0.1) is 0 Å². The Hall–Kier alpha value is -1.56. The van der Waals surface area contributed by atoms with Gasteiger partial charge in [-0.05, 0) is 35.6 Å². The van der Waals surface area contributed by atoms with Gasteiger partial charge in [0.25, 0.3) is 0 Å². The van der Waals surface area contributed by atoms with Crippen molar-refractivity contribution in [3.8, 4) is 0 Å². The molecular formula is C15H14. The highest BCUT2D eigenvalue weighted by Gasteiger charge is 2.23. The zero-order valence-electron chi connectivity index (χ0n) is 8.90. The van der Waals surface area contributed by atoms with E-state index in [1.165, 1.54) is 22.3 Å². The molecule has 74 valence electrons. The van der Waals surface area contributed by atoms with Crippen molar-refractivity contribution in [1.82, 2.24) is 0 Å². The Labute approximate surface area is 90.6 Å². The molecule has 15 heavy (non-hydrogen) atoms. The third-order valence-corrected chi connectivity index (χ3v) is 3.36. The molecule has 0 fully saturated rings. The number of rotatable bonds is 0. The van der Waals surface area contributed by atoms with Crippen molar-refractivity contribution in [2.24, 2.45) is 0 Å². The second-order valence-corrected chi connectivity index (χ2v) is 4.29. The maximum absolute atomic E-state index is 2.30. The van der Waals surface area contributed by atoms with Crippen LogP contribution in [0.2, 0.25) is 0 Å². The summed E-state index contributed by atoms with van der Waals surface area (Å²) in [6, 6.07) is 8.74. The fraction of sp³-hybridized carbons (Fsp3) is 0.200. The average Bonchev–Trinajstić information content (AvgIpc) is 2.30. The topological polar surface area (TPSA) is 0 Å². The van der Waals surface area contributed by atoms with Gasteiger partial charge in [0.15, 0.2) is 0 Å². The lowest BCUT2D eigenvalue weighted by molar-refractivity contribution is 0.796. The van der Waals surface area contributed by atoms with Crippen LogP contribution in [0.25, 0.3) is 6.08 Å². The Bertz CT molecular complexity index is 487. The standard InChI is InChI=1S/C15H14/c1-11-10-12-6-2-3-8-14(12)15-9-5-4-7-13(11)15/h2-8,10,15H,9H2,1H3. The van der Waals surface area contributed by atoms with Crippen LogP contribution < -0.4 is 0 Å². The van der Waals surface area contributed by atoms with Gasteiger partial charge in [-0.3, -0.25) is 0 Å². The van der Waals surface area contributed by atoms with Gasteiger partial charge in [-0.1, -0.05) is 48.6 Å². The van der Waals surface area contributed by atoms with Crippen molar-refractivity contribution in [1.29, 1.82) is 0 Å². The monoisotopic (exact) mass is 194 g/mol. The minimum absolute atomic E-state index is 0.594. The van der Waals surface area contributed by atoms with Gasteiger partial charge in [-0.25, -0.2) is 0 Å². The van der Waals surface area contributed by atoms with Crippen molar-refractivity contribution >= 4 is 6.08 Å². The first kappa shape index (κ1) is 8.72. The van der Waals surface area contributed by atoms with E-state index in [0.717, 1.165) is 6.42 Å². The predicted molar refractivity (Wildman–Crippen MR) is 64.7 cm³/mol. The molecular weight excluding hydrogens is 180 g/mol. The van der Waals surface area contributed by atoms with Crippen LogP contribution in [0.15, 0.2) is 53.6 Å². The zero-order chi connectivity index (χ0) is 10.3. The Morgan fingerprint density at radius 3 is 3.00 bits per heavy atom. The molecule has 1 aromatic rings. The summed E-state index contributed by atoms with van der Waals surface area (Å²) in [6.45, 7) is 2.22. The van der Waals surface area contributed by atoms with Crippen LogP contribution in [0.4, 0.5) is 0 Å². The van der Waals surface area contributed by atoms with Gasteiger partial charge >= 0.3 is 0 Å². The van der Waals surface area contributed by atoms with E-state index in [2.05, 4.69) is 55.5 Å². The molecule has 0 aliphatic heterocycles. The lowest BCUT2D eigenvalue weighted by atomic mass is 9.76. The van der Waals surface area contributed by atoms with Crippen LogP contribution in [0.1, 0.15) is 30.4 Å². The van der Waals surface area contributed by atoms with Crippen LogP contribution in [-0.4, -0.2) is 0 Å². The van der Waals surface area contributed by atoms with E-state index < -0.39 is 0 Å². The summed E-state index contributed by atoms with van der Waals surface area (Å²) in [7, 11) is 0. The molecule has 1 unspecified atom stereocenters. The average molecular weight is 194 g/mol. The predicted octanol–water partition coefficient (Wildman–Crippen LogP) is 4.07. The number of allylic oxidation sites excluding steroid dienone is 5. The third-order valence-electron chi connectivity index (χ3n) is 3.36. The van der Waals surface area contributed by atoms with Crippen LogP contribution in [0.5, 0.6) is 0 Å². The summed E-state index contributed by atoms with van der Waals surface area (Å²) in [5.74, 6) is 0.594. The summed E-state index contributed by atoms with van der Waals surface area (Å²) in [5, 5.41) is 0. The van der Waals surface area contributed by atoms with Gasteiger partial charge in [-0.2, -0.15) is 0 Å². The SMILES string of the molecule is CC1=Cc2ccccc2C2CC=CC=C12. The summed E-state index contributed by atoms with van der Waals surface area (Å²) < 4.78 is 0. The molecule has 0 radical (unpaired) electrons. The number of hydrogen-bond donors (Lipinski definition) is 0. The molecule has 0 heteroatoms. The Morgan fingerprint density at radius 1 is 1.20 bits per heavy atom. The molecule has 0 amide bonds. The first-order chi connectivity index (χ1) is 7.36. The van der Waals surface area contributed by atoms with Crippen LogP contribution >= 0.6 is 0 Å². The molecule has 0 nitrogen and oxygen atoms in total. The van der Waals surface area contributed by atoms with E-state index in [4.69, 9.17) is 0 Å². The van der Waals surface area contributed by atoms with Gasteiger partial charge in [-0.15, -0.1) is 0 Å². The molecule has 0 aromatic heterocycles. The maximum Gasteiger partial charge on any atom is 0.0132 e. The van der Waals surface area contributed by atoms with Gasteiger partial charge in [0.1, 0.15) is 0 Å². The summed E-state index contributed by atoms with van der Waals surface area (Å²) in [5.41, 5.74) is 5.80. The normalized spacial score (nSPS) is 22.6. The number of benzene rings is 1. The van der Waals surface area contributed by atoms with Crippen LogP contribution in [0, 0.1) is 0 Å². The minimum atomic E-state index is 0.594. The first-order valence-electron chi connectivity index (χ1n) is 5.50. The van der Waals surface area contributed by atoms with Crippen LogP contribution in [-0.2, 0) is 0 Å². The van der Waals surface area contributed by atoms with Crippen molar-refractivity contribution < 1.29 is 0 Å². The molecule has 0 heterocycles. The van der Waals surface area contributed by atoms with E-state index in [1.54, 1.807) is 0 Å². The molecule has 1 atom stereocenters. The lowest BCUT2D eigenvalue weighted by Gasteiger charge is -2.28. The van der Waals surface area contributed by atoms with Gasteiger partial charge in [0, 0.05) is 5.92 Å². The molecule has 0 spiro atoms. The fourth-order valence-corrected chi connectivity index (χ4v) is 2.61. The van der Waals surface area contributed by atoms with E-state index in [1.807, 2.05) is 0 Å². The quantitative estimate of drug-likeness (QED) is 0.584. The minimum Gasteiger partial charge on any atom is -0.0836 e. The highest BCUT2D eigenvalue weighted by molar-refractivity contribution is 5.69. The highest BCUT2D eigenvalue weighted by Crippen LogP contribution is 2.41. The molecule has 0 saturated heterocycles. The van der Waals surface area contributed by atoms with Gasteiger partial charge < -0.3 is 0 Å². The van der Waals surface area contributed by atoms with Crippen molar-refractivity contribution in [2.75, 3.05) is 0 Å². The van der Waals surface area contributed by atoms with Crippen LogP contribution in [0.3, 0.4) is 0 Å². The van der Waals surface area contributed by atoms with E-state index in [-0.39, 0.29) is 0 Å². The maximum atomic E-state index is 2.30. The Morgan fingerprint density at radius 2 is 2.07 bits per heavy atom. The molecule has 1 aromatic carbocycles. The molecule has 2 aliphatic rings.